The van der Waals surface area contributed by atoms with Gasteiger partial charge >= 0.3 is 5.97 Å². The molecule has 0 fully saturated rings. The van der Waals surface area contributed by atoms with Crippen molar-refractivity contribution in [2.75, 3.05) is 12.4 Å². The molecule has 1 aromatic heterocycles. The molecule has 0 bridgehead atoms. The van der Waals surface area contributed by atoms with Crippen LogP contribution in [0.4, 0.5) is 11.5 Å². The monoisotopic (exact) mass is 358 g/mol. The summed E-state index contributed by atoms with van der Waals surface area (Å²) >= 11 is 0. The van der Waals surface area contributed by atoms with E-state index in [0.29, 0.717) is 24.2 Å². The van der Waals surface area contributed by atoms with Gasteiger partial charge in [-0.15, -0.1) is 10.2 Å². The normalized spacial score (nSPS) is 10.1. The smallest absolute Gasteiger partial charge is 0.305 e. The Bertz CT molecular complexity index is 943. The molecule has 0 atom stereocenters. The third-order valence-corrected chi connectivity index (χ3v) is 4.05. The lowest BCUT2D eigenvalue weighted by molar-refractivity contribution is -0.140. The van der Waals surface area contributed by atoms with Crippen LogP contribution < -0.4 is 5.32 Å². The van der Waals surface area contributed by atoms with Gasteiger partial charge < -0.3 is 10.1 Å². The highest BCUT2D eigenvalue weighted by atomic mass is 16.5. The molecule has 0 aliphatic heterocycles. The van der Waals surface area contributed by atoms with Crippen LogP contribution in [0, 0.1) is 11.3 Å². The molecule has 6 heteroatoms. The van der Waals surface area contributed by atoms with Gasteiger partial charge in [-0.2, -0.15) is 5.26 Å². The largest absolute Gasteiger partial charge is 0.469 e. The molecule has 0 radical (unpaired) electrons. The van der Waals surface area contributed by atoms with Gasteiger partial charge in [0.25, 0.3) is 0 Å². The third kappa shape index (κ3) is 4.89. The fourth-order valence-corrected chi connectivity index (χ4v) is 2.52. The first-order valence-corrected chi connectivity index (χ1v) is 8.45. The average molecular weight is 358 g/mol. The Hall–Kier alpha value is -3.72. The van der Waals surface area contributed by atoms with Gasteiger partial charge in [-0.3, -0.25) is 4.79 Å². The third-order valence-electron chi connectivity index (χ3n) is 4.05. The van der Waals surface area contributed by atoms with Crippen molar-refractivity contribution in [3.63, 3.8) is 0 Å². The molecule has 0 aliphatic rings. The van der Waals surface area contributed by atoms with E-state index in [9.17, 15) is 4.79 Å². The van der Waals surface area contributed by atoms with Crippen LogP contribution >= 0.6 is 0 Å². The molecule has 1 N–H and O–H groups in total. The molecule has 6 nitrogen and oxygen atoms in total. The van der Waals surface area contributed by atoms with Gasteiger partial charge in [0.2, 0.25) is 0 Å². The van der Waals surface area contributed by atoms with E-state index in [1.807, 2.05) is 48.5 Å². The predicted octanol–water partition coefficient (Wildman–Crippen LogP) is 3.86. The Morgan fingerprint density at radius 3 is 2.37 bits per heavy atom. The highest BCUT2D eigenvalue weighted by molar-refractivity contribution is 5.69. The van der Waals surface area contributed by atoms with Gasteiger partial charge in [0.1, 0.15) is 0 Å². The van der Waals surface area contributed by atoms with E-state index < -0.39 is 0 Å². The summed E-state index contributed by atoms with van der Waals surface area (Å²) in [6.45, 7) is 0. The molecule has 2 aromatic carbocycles. The first-order chi connectivity index (χ1) is 13.2. The van der Waals surface area contributed by atoms with E-state index in [4.69, 9.17) is 5.26 Å². The molecule has 27 heavy (non-hydrogen) atoms. The number of ether oxygens (including phenoxy) is 1. The summed E-state index contributed by atoms with van der Waals surface area (Å²) in [6.07, 6.45) is 1.01. The number of rotatable bonds is 6. The SMILES string of the molecule is COC(=O)CCc1ccc(Nc2ccc(-c3ccc(C#N)cc3)nn2)cc1. The maximum Gasteiger partial charge on any atom is 0.305 e. The number of hydrogen-bond acceptors (Lipinski definition) is 6. The Balaban J connectivity index is 1.62. The number of nitriles is 1. The van der Waals surface area contributed by atoms with Crippen molar-refractivity contribution in [1.29, 1.82) is 5.26 Å². The number of aryl methyl sites for hydroxylation is 1. The molecule has 0 aliphatic carbocycles. The van der Waals surface area contributed by atoms with Gasteiger partial charge in [-0.05, 0) is 48.4 Å². The lowest BCUT2D eigenvalue weighted by Gasteiger charge is -2.07. The van der Waals surface area contributed by atoms with Crippen LogP contribution in [0.25, 0.3) is 11.3 Å². The van der Waals surface area contributed by atoms with Crippen LogP contribution in [-0.2, 0) is 16.0 Å². The Labute approximate surface area is 157 Å². The molecule has 0 spiro atoms. The Morgan fingerprint density at radius 1 is 1.04 bits per heavy atom. The van der Waals surface area contributed by atoms with Crippen molar-refractivity contribution in [3.05, 3.63) is 71.8 Å². The van der Waals surface area contributed by atoms with Gasteiger partial charge in [-0.1, -0.05) is 24.3 Å². The number of anilines is 2. The zero-order valence-corrected chi connectivity index (χ0v) is 14.8. The number of carbonyl (C=O) groups excluding carboxylic acids is 1. The summed E-state index contributed by atoms with van der Waals surface area (Å²) in [5, 5.41) is 20.5. The topological polar surface area (TPSA) is 87.9 Å². The lowest BCUT2D eigenvalue weighted by atomic mass is 10.1. The number of esters is 1. The Morgan fingerprint density at radius 2 is 1.78 bits per heavy atom. The van der Waals surface area contributed by atoms with Crippen LogP contribution in [0.3, 0.4) is 0 Å². The lowest BCUT2D eigenvalue weighted by Crippen LogP contribution is -2.02. The molecule has 3 aromatic rings. The first kappa shape index (κ1) is 18.1. The predicted molar refractivity (Wildman–Crippen MR) is 102 cm³/mol. The van der Waals surface area contributed by atoms with Gasteiger partial charge in [0, 0.05) is 17.7 Å². The molecule has 3 rings (SSSR count). The maximum absolute atomic E-state index is 11.2. The number of carbonyl (C=O) groups is 1. The van der Waals surface area contributed by atoms with Crippen molar-refractivity contribution in [3.8, 4) is 17.3 Å². The summed E-state index contributed by atoms with van der Waals surface area (Å²) in [5.41, 5.74) is 4.21. The molecule has 1 heterocycles. The summed E-state index contributed by atoms with van der Waals surface area (Å²) in [4.78, 5) is 11.2. The van der Waals surface area contributed by atoms with Crippen molar-refractivity contribution >= 4 is 17.5 Å². The zero-order chi connectivity index (χ0) is 19.1. The minimum absolute atomic E-state index is 0.213. The molecular formula is C21H18N4O2. The van der Waals surface area contributed by atoms with Crippen molar-refractivity contribution < 1.29 is 9.53 Å². The maximum atomic E-state index is 11.2. The zero-order valence-electron chi connectivity index (χ0n) is 14.8. The number of benzene rings is 2. The molecule has 0 unspecified atom stereocenters. The number of hydrogen-bond donors (Lipinski definition) is 1. The standard InChI is InChI=1S/C21H18N4O2/c1-27-21(26)13-6-15-4-9-18(10-5-15)23-20-12-11-19(24-25-20)17-7-2-16(14-22)3-8-17/h2-5,7-12H,6,13H2,1H3,(H,23,25). The molecule has 0 saturated heterocycles. The first-order valence-electron chi connectivity index (χ1n) is 8.45. The summed E-state index contributed by atoms with van der Waals surface area (Å²) in [6, 6.07) is 20.8. The van der Waals surface area contributed by atoms with Crippen LogP contribution in [0.1, 0.15) is 17.5 Å². The van der Waals surface area contributed by atoms with Gasteiger partial charge in [-0.25, -0.2) is 0 Å². The summed E-state index contributed by atoms with van der Waals surface area (Å²) in [7, 11) is 1.39. The van der Waals surface area contributed by atoms with E-state index in [1.54, 1.807) is 12.1 Å². The average Bonchev–Trinajstić information content (AvgIpc) is 2.73. The second-order valence-corrected chi connectivity index (χ2v) is 5.89. The molecular weight excluding hydrogens is 340 g/mol. The summed E-state index contributed by atoms with van der Waals surface area (Å²) in [5.74, 6) is 0.421. The number of aromatic nitrogens is 2. The van der Waals surface area contributed by atoms with Crippen molar-refractivity contribution in [1.82, 2.24) is 10.2 Å². The fourth-order valence-electron chi connectivity index (χ4n) is 2.52. The van der Waals surface area contributed by atoms with E-state index in [2.05, 4.69) is 26.3 Å². The van der Waals surface area contributed by atoms with E-state index in [-0.39, 0.29) is 5.97 Å². The van der Waals surface area contributed by atoms with E-state index in [0.717, 1.165) is 22.5 Å². The quantitative estimate of drug-likeness (QED) is 0.673. The second kappa shape index (κ2) is 8.59. The number of nitrogens with one attached hydrogen (secondary N) is 1. The van der Waals surface area contributed by atoms with Crippen molar-refractivity contribution in [2.24, 2.45) is 0 Å². The minimum atomic E-state index is -0.213. The van der Waals surface area contributed by atoms with E-state index >= 15 is 0 Å². The molecule has 0 amide bonds. The number of nitrogens with zero attached hydrogens (tertiary/aromatic N) is 3. The Kier molecular flexibility index (Phi) is 5.75. The van der Waals surface area contributed by atoms with Crippen LogP contribution in [-0.4, -0.2) is 23.3 Å². The highest BCUT2D eigenvalue weighted by Crippen LogP contribution is 2.20. The van der Waals surface area contributed by atoms with Crippen LogP contribution in [0.5, 0.6) is 0 Å². The minimum Gasteiger partial charge on any atom is -0.469 e. The number of methoxy groups -OCH3 is 1. The molecule has 0 saturated carbocycles. The highest BCUT2D eigenvalue weighted by Gasteiger charge is 2.04. The van der Waals surface area contributed by atoms with Gasteiger partial charge in [0.15, 0.2) is 5.82 Å². The van der Waals surface area contributed by atoms with Gasteiger partial charge in [0.05, 0.1) is 24.4 Å². The summed E-state index contributed by atoms with van der Waals surface area (Å²) < 4.78 is 4.65. The van der Waals surface area contributed by atoms with E-state index in [1.165, 1.54) is 7.11 Å². The fraction of sp³-hybridized carbons (Fsp3) is 0.143. The molecule has 134 valence electrons. The van der Waals surface area contributed by atoms with Crippen LogP contribution in [0.15, 0.2) is 60.7 Å². The second-order valence-electron chi connectivity index (χ2n) is 5.89. The van der Waals surface area contributed by atoms with Crippen LogP contribution in [0.2, 0.25) is 0 Å². The van der Waals surface area contributed by atoms with Crippen molar-refractivity contribution in [2.45, 2.75) is 12.8 Å².